The van der Waals surface area contributed by atoms with Crippen molar-refractivity contribution in [3.63, 3.8) is 0 Å². The molecule has 1 aromatic carbocycles. The first-order chi connectivity index (χ1) is 14.0. The number of carbonyl (C=O) groups excluding carboxylic acids is 1. The van der Waals surface area contributed by atoms with Crippen LogP contribution in [0.2, 0.25) is 0 Å². The van der Waals surface area contributed by atoms with E-state index >= 15 is 0 Å². The van der Waals surface area contributed by atoms with Gasteiger partial charge in [0.25, 0.3) is 0 Å². The van der Waals surface area contributed by atoms with E-state index in [1.807, 2.05) is 6.07 Å². The van der Waals surface area contributed by atoms with Gasteiger partial charge < -0.3 is 15.4 Å². The van der Waals surface area contributed by atoms with Crippen LogP contribution in [0.3, 0.4) is 0 Å². The average Bonchev–Trinajstić information content (AvgIpc) is 2.74. The molecule has 1 aliphatic carbocycles. The number of methoxy groups -OCH3 is 1. The van der Waals surface area contributed by atoms with E-state index < -0.39 is 0 Å². The number of hydrogen-bond acceptors (Lipinski definition) is 4. The summed E-state index contributed by atoms with van der Waals surface area (Å²) >= 11 is 0. The van der Waals surface area contributed by atoms with Gasteiger partial charge in [-0.1, -0.05) is 18.9 Å². The fraction of sp³-hybridized carbons (Fsp3) is 0.696. The maximum absolute atomic E-state index is 13.4. The molecule has 0 bridgehead atoms. The van der Waals surface area contributed by atoms with Crippen molar-refractivity contribution in [2.75, 3.05) is 44.7 Å². The highest BCUT2D eigenvalue weighted by molar-refractivity contribution is 5.73. The van der Waals surface area contributed by atoms with Crippen LogP contribution < -0.4 is 10.6 Å². The largest absolute Gasteiger partial charge is 0.381 e. The van der Waals surface area contributed by atoms with Crippen molar-refractivity contribution in [3.05, 3.63) is 30.1 Å². The number of ether oxygens (including phenoxy) is 1. The van der Waals surface area contributed by atoms with Gasteiger partial charge in [-0.25, -0.2) is 4.39 Å². The molecule has 0 aromatic heterocycles. The lowest BCUT2D eigenvalue weighted by Crippen LogP contribution is -2.47. The van der Waals surface area contributed by atoms with E-state index in [-0.39, 0.29) is 17.8 Å². The molecule has 1 saturated heterocycles. The average molecular weight is 406 g/mol. The molecule has 29 heavy (non-hydrogen) atoms. The lowest BCUT2D eigenvalue weighted by Gasteiger charge is -2.38. The van der Waals surface area contributed by atoms with Gasteiger partial charge in [0.1, 0.15) is 5.82 Å². The summed E-state index contributed by atoms with van der Waals surface area (Å²) in [4.78, 5) is 15.9. The highest BCUT2D eigenvalue weighted by Gasteiger charge is 2.28. The van der Waals surface area contributed by atoms with E-state index in [2.05, 4.69) is 9.80 Å². The summed E-state index contributed by atoms with van der Waals surface area (Å²) in [7, 11) is 1.75. The molecule has 1 atom stereocenters. The molecule has 0 radical (unpaired) electrons. The summed E-state index contributed by atoms with van der Waals surface area (Å²) in [6, 6.07) is 6.91. The Morgan fingerprint density at radius 1 is 1.21 bits per heavy atom. The number of primary amides is 1. The summed E-state index contributed by atoms with van der Waals surface area (Å²) in [6.07, 6.45) is 7.47. The number of carbonyl (C=O) groups is 1. The highest BCUT2D eigenvalue weighted by atomic mass is 19.1. The van der Waals surface area contributed by atoms with E-state index in [1.54, 1.807) is 19.2 Å². The molecule has 6 heteroatoms. The second kappa shape index (κ2) is 10.9. The molecule has 5 nitrogen and oxygen atoms in total. The Hall–Kier alpha value is -1.66. The van der Waals surface area contributed by atoms with Crippen LogP contribution in [0, 0.1) is 17.7 Å². The molecule has 3 rings (SSSR count). The monoisotopic (exact) mass is 405 g/mol. The van der Waals surface area contributed by atoms with Gasteiger partial charge in [-0.05, 0) is 62.3 Å². The topological polar surface area (TPSA) is 58.8 Å². The molecule has 2 fully saturated rings. The number of hydrogen-bond donors (Lipinski definition) is 1. The van der Waals surface area contributed by atoms with Crippen LogP contribution in [0.25, 0.3) is 0 Å². The van der Waals surface area contributed by atoms with Crippen molar-refractivity contribution in [3.8, 4) is 0 Å². The first kappa shape index (κ1) is 22.0. The molecular weight excluding hydrogens is 369 g/mol. The molecule has 1 saturated carbocycles. The molecule has 1 heterocycles. The molecule has 2 N–H and O–H groups in total. The van der Waals surface area contributed by atoms with Gasteiger partial charge in [0.2, 0.25) is 5.91 Å². The minimum Gasteiger partial charge on any atom is -0.381 e. The van der Waals surface area contributed by atoms with Crippen molar-refractivity contribution in [1.29, 1.82) is 0 Å². The molecule has 2 aliphatic rings. The Labute approximate surface area is 174 Å². The van der Waals surface area contributed by atoms with Crippen molar-refractivity contribution in [1.82, 2.24) is 4.90 Å². The predicted molar refractivity (Wildman–Crippen MR) is 114 cm³/mol. The number of nitrogens with zero attached hydrogens (tertiary/aromatic N) is 2. The number of rotatable bonds is 9. The Morgan fingerprint density at radius 3 is 2.55 bits per heavy atom. The van der Waals surface area contributed by atoms with Gasteiger partial charge >= 0.3 is 0 Å². The number of piperazine rings is 1. The summed E-state index contributed by atoms with van der Waals surface area (Å²) in [5.74, 6) is 0.954. The van der Waals surface area contributed by atoms with Crippen LogP contribution in [0.15, 0.2) is 24.3 Å². The van der Waals surface area contributed by atoms with Gasteiger partial charge in [-0.15, -0.1) is 0 Å². The molecule has 1 unspecified atom stereocenters. The third-order valence-corrected chi connectivity index (χ3v) is 6.79. The third kappa shape index (κ3) is 6.68. The molecular formula is C23H36FN3O2. The van der Waals surface area contributed by atoms with Crippen molar-refractivity contribution >= 4 is 11.6 Å². The second-order valence-electron chi connectivity index (χ2n) is 8.66. The number of amides is 1. The minimum atomic E-state index is -0.238. The zero-order valence-electron chi connectivity index (χ0n) is 17.7. The molecule has 162 valence electrons. The van der Waals surface area contributed by atoms with Crippen molar-refractivity contribution < 1.29 is 13.9 Å². The van der Waals surface area contributed by atoms with Crippen LogP contribution >= 0.6 is 0 Å². The number of halogens is 1. The molecule has 1 aromatic rings. The number of nitrogens with two attached hydrogens (primary N) is 1. The van der Waals surface area contributed by atoms with Gasteiger partial charge in [0.15, 0.2) is 0 Å². The van der Waals surface area contributed by atoms with Crippen molar-refractivity contribution in [2.45, 2.75) is 51.0 Å². The van der Waals surface area contributed by atoms with E-state index in [4.69, 9.17) is 10.5 Å². The van der Waals surface area contributed by atoms with E-state index in [1.165, 1.54) is 38.2 Å². The first-order valence-electron chi connectivity index (χ1n) is 11.1. The fourth-order valence-corrected chi connectivity index (χ4v) is 4.95. The minimum absolute atomic E-state index is 0.161. The number of benzene rings is 1. The maximum Gasteiger partial charge on any atom is 0.217 e. The van der Waals surface area contributed by atoms with Crippen LogP contribution in [0.1, 0.15) is 44.9 Å². The van der Waals surface area contributed by atoms with Crippen molar-refractivity contribution in [2.24, 2.45) is 17.6 Å². The van der Waals surface area contributed by atoms with E-state index in [9.17, 15) is 9.18 Å². The summed E-state index contributed by atoms with van der Waals surface area (Å²) in [5.41, 5.74) is 6.28. The number of anilines is 1. The lowest BCUT2D eigenvalue weighted by molar-refractivity contribution is -0.119. The Morgan fingerprint density at radius 2 is 1.93 bits per heavy atom. The summed E-state index contributed by atoms with van der Waals surface area (Å²) < 4.78 is 19.1. The first-order valence-corrected chi connectivity index (χ1v) is 11.1. The smallest absolute Gasteiger partial charge is 0.217 e. The van der Waals surface area contributed by atoms with Crippen LogP contribution in [-0.4, -0.2) is 56.7 Å². The van der Waals surface area contributed by atoms with Gasteiger partial charge in [0.05, 0.1) is 6.10 Å². The SMILES string of the molecule is COC(CCC(N)=O)C1CCC(CCN2CCN(c3cccc(F)c3)CC2)CC1. The van der Waals surface area contributed by atoms with Gasteiger partial charge in [-0.3, -0.25) is 9.69 Å². The van der Waals surface area contributed by atoms with Crippen LogP contribution in [-0.2, 0) is 9.53 Å². The predicted octanol–water partition coefficient (Wildman–Crippen LogP) is 3.42. The molecule has 1 aliphatic heterocycles. The maximum atomic E-state index is 13.4. The third-order valence-electron chi connectivity index (χ3n) is 6.79. The summed E-state index contributed by atoms with van der Waals surface area (Å²) in [5, 5.41) is 0. The molecule has 1 amide bonds. The van der Waals surface area contributed by atoms with Crippen LogP contribution in [0.4, 0.5) is 10.1 Å². The van der Waals surface area contributed by atoms with E-state index in [0.29, 0.717) is 12.3 Å². The zero-order valence-corrected chi connectivity index (χ0v) is 17.7. The van der Waals surface area contributed by atoms with Crippen LogP contribution in [0.5, 0.6) is 0 Å². The fourth-order valence-electron chi connectivity index (χ4n) is 4.95. The zero-order chi connectivity index (χ0) is 20.6. The highest BCUT2D eigenvalue weighted by Crippen LogP contribution is 2.35. The Bertz CT molecular complexity index is 641. The molecule has 0 spiro atoms. The normalized spacial score (nSPS) is 24.4. The standard InChI is InChI=1S/C23H36FN3O2/c1-29-22(9-10-23(25)28)19-7-5-18(6-8-19)11-12-26-13-15-27(16-14-26)21-4-2-3-20(24)17-21/h2-4,17-19,22H,5-16H2,1H3,(H2,25,28). The second-order valence-corrected chi connectivity index (χ2v) is 8.66. The van der Waals surface area contributed by atoms with E-state index in [0.717, 1.165) is 50.7 Å². The summed E-state index contributed by atoms with van der Waals surface area (Å²) in [6.45, 7) is 5.17. The Kier molecular flexibility index (Phi) is 8.30. The van der Waals surface area contributed by atoms with Gasteiger partial charge in [0, 0.05) is 45.4 Å². The quantitative estimate of drug-likeness (QED) is 0.684. The lowest BCUT2D eigenvalue weighted by atomic mass is 9.77. The Balaban J connectivity index is 1.34. The van der Waals surface area contributed by atoms with Gasteiger partial charge in [-0.2, -0.15) is 0 Å².